The quantitative estimate of drug-likeness (QED) is 0.714. The van der Waals surface area contributed by atoms with Gasteiger partial charge in [-0.2, -0.15) is 4.39 Å². The summed E-state index contributed by atoms with van der Waals surface area (Å²) in [5.41, 5.74) is 0.0128. The topological polar surface area (TPSA) is 100 Å². The fraction of sp³-hybridized carbons (Fsp3) is 0.278. The van der Waals surface area contributed by atoms with E-state index in [1.807, 2.05) is 11.0 Å². The predicted molar refractivity (Wildman–Crippen MR) is 99.4 cm³/mol. The van der Waals surface area contributed by atoms with Crippen molar-refractivity contribution in [3.63, 3.8) is 0 Å². The second kappa shape index (κ2) is 7.22. The summed E-state index contributed by atoms with van der Waals surface area (Å²) in [6.45, 7) is 1.76. The number of aromatic nitrogens is 5. The van der Waals surface area contributed by atoms with Crippen LogP contribution >= 0.6 is 0 Å². The zero-order valence-corrected chi connectivity index (χ0v) is 15.2. The van der Waals surface area contributed by atoms with Gasteiger partial charge in [0, 0.05) is 38.8 Å². The van der Waals surface area contributed by atoms with Crippen LogP contribution in [0, 0.1) is 5.82 Å². The van der Waals surface area contributed by atoms with Crippen molar-refractivity contribution in [3.05, 3.63) is 58.4 Å². The lowest BCUT2D eigenvalue weighted by Crippen LogP contribution is -2.49. The van der Waals surface area contributed by atoms with Crippen molar-refractivity contribution in [1.29, 1.82) is 0 Å². The third-order valence-corrected chi connectivity index (χ3v) is 4.59. The number of halogens is 1. The molecule has 0 aliphatic carbocycles. The van der Waals surface area contributed by atoms with E-state index in [2.05, 4.69) is 20.3 Å². The molecule has 0 atom stereocenters. The smallest absolute Gasteiger partial charge is 0.289 e. The standard InChI is InChI=1S/C18H18FN7O2/c1-24-11-13(22-23-24)17(28)25-7-9-26(10-8-25)18-20-15(14(19)16(27)21-18)12-5-3-2-4-6-12/h2-6,11H,7-10H2,1H3,(H,20,21,27). The molecule has 144 valence electrons. The first-order valence-electron chi connectivity index (χ1n) is 8.78. The molecule has 0 spiro atoms. The highest BCUT2D eigenvalue weighted by Gasteiger charge is 2.26. The zero-order valence-electron chi connectivity index (χ0n) is 15.2. The van der Waals surface area contributed by atoms with E-state index in [4.69, 9.17) is 0 Å². The Labute approximate surface area is 159 Å². The number of nitrogens with one attached hydrogen (secondary N) is 1. The minimum atomic E-state index is -0.911. The number of nitrogens with zero attached hydrogens (tertiary/aromatic N) is 6. The Balaban J connectivity index is 1.53. The summed E-state index contributed by atoms with van der Waals surface area (Å²) in [5, 5.41) is 7.62. The van der Waals surface area contributed by atoms with Crippen molar-refractivity contribution < 1.29 is 9.18 Å². The first-order valence-corrected chi connectivity index (χ1v) is 8.78. The van der Waals surface area contributed by atoms with E-state index >= 15 is 0 Å². The Morgan fingerprint density at radius 1 is 1.14 bits per heavy atom. The maximum atomic E-state index is 14.3. The van der Waals surface area contributed by atoms with Crippen molar-refractivity contribution in [2.75, 3.05) is 31.1 Å². The van der Waals surface area contributed by atoms with Gasteiger partial charge in [0.25, 0.3) is 11.5 Å². The number of carbonyl (C=O) groups is 1. The minimum Gasteiger partial charge on any atom is -0.339 e. The third kappa shape index (κ3) is 3.36. The SMILES string of the molecule is Cn1cc(C(=O)N2CCN(c3nc(-c4ccccc4)c(F)c(=O)[nH]3)CC2)nn1. The number of hydrogen-bond donors (Lipinski definition) is 1. The maximum Gasteiger partial charge on any atom is 0.289 e. The van der Waals surface area contributed by atoms with Gasteiger partial charge in [0.2, 0.25) is 11.8 Å². The zero-order chi connectivity index (χ0) is 19.7. The number of piperazine rings is 1. The number of carbonyl (C=O) groups excluding carboxylic acids is 1. The van der Waals surface area contributed by atoms with Crippen LogP contribution in [0.5, 0.6) is 0 Å². The van der Waals surface area contributed by atoms with Gasteiger partial charge in [-0.3, -0.25) is 19.3 Å². The highest BCUT2D eigenvalue weighted by Crippen LogP contribution is 2.21. The number of anilines is 1. The molecule has 1 N–H and O–H groups in total. The molecule has 2 aromatic heterocycles. The summed E-state index contributed by atoms with van der Waals surface area (Å²) in [5.74, 6) is -0.818. The van der Waals surface area contributed by atoms with Gasteiger partial charge in [0.05, 0.1) is 6.20 Å². The summed E-state index contributed by atoms with van der Waals surface area (Å²) >= 11 is 0. The van der Waals surface area contributed by atoms with Gasteiger partial charge in [0.15, 0.2) is 5.69 Å². The minimum absolute atomic E-state index is 0.0115. The van der Waals surface area contributed by atoms with E-state index < -0.39 is 11.4 Å². The summed E-state index contributed by atoms with van der Waals surface area (Å²) < 4.78 is 15.8. The van der Waals surface area contributed by atoms with Crippen molar-refractivity contribution in [2.24, 2.45) is 7.05 Å². The molecule has 1 aliphatic rings. The second-order valence-electron chi connectivity index (χ2n) is 6.47. The molecule has 1 aliphatic heterocycles. The lowest BCUT2D eigenvalue weighted by molar-refractivity contribution is 0.0740. The summed E-state index contributed by atoms with van der Waals surface area (Å²) in [6, 6.07) is 8.73. The van der Waals surface area contributed by atoms with Gasteiger partial charge in [-0.15, -0.1) is 5.10 Å². The van der Waals surface area contributed by atoms with Crippen LogP contribution in [-0.2, 0) is 7.05 Å². The first kappa shape index (κ1) is 17.8. The molecule has 4 rings (SSSR count). The number of benzene rings is 1. The normalized spacial score (nSPS) is 14.4. The molecule has 9 nitrogen and oxygen atoms in total. The fourth-order valence-corrected chi connectivity index (χ4v) is 3.11. The molecule has 0 unspecified atom stereocenters. The van der Waals surface area contributed by atoms with Gasteiger partial charge >= 0.3 is 0 Å². The average Bonchev–Trinajstić information content (AvgIpc) is 3.16. The molecule has 3 heterocycles. The number of aryl methyl sites for hydroxylation is 1. The molecule has 0 bridgehead atoms. The van der Waals surface area contributed by atoms with Gasteiger partial charge < -0.3 is 9.80 Å². The summed E-state index contributed by atoms with van der Waals surface area (Å²) in [7, 11) is 1.70. The largest absolute Gasteiger partial charge is 0.339 e. The van der Waals surface area contributed by atoms with Crippen LogP contribution < -0.4 is 10.5 Å². The Bertz CT molecular complexity index is 1060. The Morgan fingerprint density at radius 2 is 1.86 bits per heavy atom. The van der Waals surface area contributed by atoms with Gasteiger partial charge in [0.1, 0.15) is 5.69 Å². The van der Waals surface area contributed by atoms with E-state index in [1.54, 1.807) is 42.4 Å². The highest BCUT2D eigenvalue weighted by molar-refractivity contribution is 5.92. The monoisotopic (exact) mass is 383 g/mol. The predicted octanol–water partition coefficient (Wildman–Crippen LogP) is 0.667. The van der Waals surface area contributed by atoms with E-state index in [0.29, 0.717) is 31.7 Å². The fourth-order valence-electron chi connectivity index (χ4n) is 3.11. The maximum absolute atomic E-state index is 14.3. The Hall–Kier alpha value is -3.56. The Kier molecular flexibility index (Phi) is 4.60. The van der Waals surface area contributed by atoms with Gasteiger partial charge in [-0.25, -0.2) is 4.98 Å². The molecule has 28 heavy (non-hydrogen) atoms. The number of H-pyrrole nitrogens is 1. The van der Waals surface area contributed by atoms with Gasteiger partial charge in [-0.05, 0) is 0 Å². The van der Waals surface area contributed by atoms with Crippen molar-refractivity contribution in [1.82, 2.24) is 29.9 Å². The number of hydrogen-bond acceptors (Lipinski definition) is 6. The lowest BCUT2D eigenvalue weighted by atomic mass is 10.1. The average molecular weight is 383 g/mol. The second-order valence-corrected chi connectivity index (χ2v) is 6.47. The molecule has 1 saturated heterocycles. The lowest BCUT2D eigenvalue weighted by Gasteiger charge is -2.34. The van der Waals surface area contributed by atoms with Crippen LogP contribution in [0.3, 0.4) is 0 Å². The van der Waals surface area contributed by atoms with Gasteiger partial charge in [-0.1, -0.05) is 35.5 Å². The molecule has 0 radical (unpaired) electrons. The molecule has 3 aromatic rings. The van der Waals surface area contributed by atoms with E-state index in [0.717, 1.165) is 0 Å². The summed E-state index contributed by atoms with van der Waals surface area (Å²) in [6.07, 6.45) is 1.57. The Morgan fingerprint density at radius 3 is 2.50 bits per heavy atom. The van der Waals surface area contributed by atoms with Crippen molar-refractivity contribution in [3.8, 4) is 11.3 Å². The molecule has 1 amide bonds. The van der Waals surface area contributed by atoms with Crippen LogP contribution in [0.15, 0.2) is 41.3 Å². The number of aromatic amines is 1. The third-order valence-electron chi connectivity index (χ3n) is 4.59. The molecule has 10 heteroatoms. The highest BCUT2D eigenvalue weighted by atomic mass is 19.1. The van der Waals surface area contributed by atoms with Crippen molar-refractivity contribution in [2.45, 2.75) is 0 Å². The van der Waals surface area contributed by atoms with E-state index in [1.165, 1.54) is 4.68 Å². The van der Waals surface area contributed by atoms with E-state index in [9.17, 15) is 14.0 Å². The van der Waals surface area contributed by atoms with Crippen LogP contribution in [0.25, 0.3) is 11.3 Å². The van der Waals surface area contributed by atoms with Crippen LogP contribution in [0.4, 0.5) is 10.3 Å². The number of rotatable bonds is 3. The summed E-state index contributed by atoms with van der Waals surface area (Å²) in [4.78, 5) is 34.8. The van der Waals surface area contributed by atoms with Crippen LogP contribution in [-0.4, -0.2) is 61.9 Å². The molecule has 1 aromatic carbocycles. The van der Waals surface area contributed by atoms with Crippen LogP contribution in [0.1, 0.15) is 10.5 Å². The molecule has 1 fully saturated rings. The molecular weight excluding hydrogens is 365 g/mol. The molecule has 0 saturated carbocycles. The first-order chi connectivity index (χ1) is 13.5. The van der Waals surface area contributed by atoms with E-state index in [-0.39, 0.29) is 23.2 Å². The van der Waals surface area contributed by atoms with Crippen LogP contribution in [0.2, 0.25) is 0 Å². The number of amides is 1. The van der Waals surface area contributed by atoms with Crippen molar-refractivity contribution >= 4 is 11.9 Å². The molecular formula is C18H18FN7O2.